The van der Waals surface area contributed by atoms with Crippen molar-refractivity contribution in [1.29, 1.82) is 0 Å². The minimum atomic E-state index is -0.734. The summed E-state index contributed by atoms with van der Waals surface area (Å²) in [5.41, 5.74) is 0.900. The first-order chi connectivity index (χ1) is 11.3. The van der Waals surface area contributed by atoms with E-state index < -0.39 is 5.97 Å². The van der Waals surface area contributed by atoms with Gasteiger partial charge in [-0.25, -0.2) is 4.79 Å². The Morgan fingerprint density at radius 1 is 1.17 bits per heavy atom. The highest BCUT2D eigenvalue weighted by Crippen LogP contribution is 2.25. The Labute approximate surface area is 147 Å². The Hall–Kier alpha value is -1.75. The van der Waals surface area contributed by atoms with Gasteiger partial charge in [0.25, 0.3) is 0 Å². The van der Waals surface area contributed by atoms with Crippen LogP contribution in [0, 0.1) is 5.92 Å². The summed E-state index contributed by atoms with van der Waals surface area (Å²) >= 11 is 5.91. The number of benzene rings is 1. The Balaban J connectivity index is 1.78. The summed E-state index contributed by atoms with van der Waals surface area (Å²) in [6.45, 7) is 4.63. The molecule has 1 aliphatic carbocycles. The quantitative estimate of drug-likeness (QED) is 0.758. The number of carboxylic acids is 1. The fraction of sp³-hybridized carbons (Fsp3) is 0.556. The number of carboxylic acid groups (broad SMARTS) is 1. The van der Waals surface area contributed by atoms with Crippen LogP contribution in [-0.4, -0.2) is 29.7 Å². The number of rotatable bonds is 5. The molecule has 132 valence electrons. The van der Waals surface area contributed by atoms with Crippen molar-refractivity contribution in [2.45, 2.75) is 51.0 Å². The van der Waals surface area contributed by atoms with Gasteiger partial charge in [-0.15, -0.1) is 0 Å². The molecule has 1 aromatic carbocycles. The standard InChI is InChI=1S/C18H25ClN2O3/c1-18(2,13-5-7-14(19)8-6-13)11-20-17(24)21-15-9-3-12(4-10-15)16(22)23/h5-8,12,15H,3-4,9-11H2,1-2H3,(H,22,23)(H2,20,21,24). The molecule has 2 rings (SSSR count). The van der Waals surface area contributed by atoms with Crippen LogP contribution in [0.5, 0.6) is 0 Å². The summed E-state index contributed by atoms with van der Waals surface area (Å²) < 4.78 is 0. The molecular weight excluding hydrogens is 328 g/mol. The van der Waals surface area contributed by atoms with Crippen molar-refractivity contribution < 1.29 is 14.7 Å². The van der Waals surface area contributed by atoms with Crippen molar-refractivity contribution in [3.63, 3.8) is 0 Å². The molecule has 0 bridgehead atoms. The van der Waals surface area contributed by atoms with Crippen LogP contribution in [0.25, 0.3) is 0 Å². The second-order valence-corrected chi connectivity index (χ2v) is 7.54. The maximum Gasteiger partial charge on any atom is 0.315 e. The van der Waals surface area contributed by atoms with Gasteiger partial charge in [-0.05, 0) is 43.4 Å². The molecule has 1 aliphatic rings. The van der Waals surface area contributed by atoms with E-state index in [0.717, 1.165) is 5.56 Å². The molecule has 0 atom stereocenters. The van der Waals surface area contributed by atoms with Gasteiger partial charge < -0.3 is 15.7 Å². The molecule has 2 amide bonds. The highest BCUT2D eigenvalue weighted by Gasteiger charge is 2.27. The van der Waals surface area contributed by atoms with Gasteiger partial charge in [0.05, 0.1) is 5.92 Å². The molecule has 0 heterocycles. The lowest BCUT2D eigenvalue weighted by molar-refractivity contribution is -0.142. The van der Waals surface area contributed by atoms with Gasteiger partial charge in [0.1, 0.15) is 0 Å². The van der Waals surface area contributed by atoms with Crippen molar-refractivity contribution in [3.8, 4) is 0 Å². The number of hydrogen-bond donors (Lipinski definition) is 3. The number of hydrogen-bond acceptors (Lipinski definition) is 2. The van der Waals surface area contributed by atoms with Crippen LogP contribution < -0.4 is 10.6 Å². The SMILES string of the molecule is CC(C)(CNC(=O)NC1CCC(C(=O)O)CC1)c1ccc(Cl)cc1. The van der Waals surface area contributed by atoms with Gasteiger partial charge >= 0.3 is 12.0 Å². The molecule has 1 fully saturated rings. The molecule has 5 nitrogen and oxygen atoms in total. The molecule has 0 unspecified atom stereocenters. The molecule has 6 heteroatoms. The molecule has 0 aliphatic heterocycles. The van der Waals surface area contributed by atoms with Gasteiger partial charge in [-0.2, -0.15) is 0 Å². The van der Waals surface area contributed by atoms with E-state index >= 15 is 0 Å². The molecule has 1 aromatic rings. The van der Waals surface area contributed by atoms with Crippen molar-refractivity contribution in [3.05, 3.63) is 34.9 Å². The molecule has 0 saturated heterocycles. The van der Waals surface area contributed by atoms with E-state index in [4.69, 9.17) is 16.7 Å². The van der Waals surface area contributed by atoms with Crippen LogP contribution in [0.3, 0.4) is 0 Å². The third-order valence-electron chi connectivity index (χ3n) is 4.73. The average molecular weight is 353 g/mol. The second-order valence-electron chi connectivity index (χ2n) is 7.10. The van der Waals surface area contributed by atoms with Gasteiger partial charge in [0.2, 0.25) is 0 Å². The summed E-state index contributed by atoms with van der Waals surface area (Å²) in [7, 11) is 0. The fourth-order valence-corrected chi connectivity index (χ4v) is 3.15. The highest BCUT2D eigenvalue weighted by atomic mass is 35.5. The molecule has 3 N–H and O–H groups in total. The average Bonchev–Trinajstić information content (AvgIpc) is 2.54. The number of halogens is 1. The van der Waals surface area contributed by atoms with E-state index in [1.165, 1.54) is 0 Å². The number of carbonyl (C=O) groups excluding carboxylic acids is 1. The predicted octanol–water partition coefficient (Wildman–Crippen LogP) is 3.56. The maximum absolute atomic E-state index is 12.1. The van der Waals surface area contributed by atoms with E-state index in [0.29, 0.717) is 37.3 Å². The van der Waals surface area contributed by atoms with Crippen molar-refractivity contribution in [2.24, 2.45) is 5.92 Å². The van der Waals surface area contributed by atoms with Crippen LogP contribution in [0.1, 0.15) is 45.1 Å². The summed E-state index contributed by atoms with van der Waals surface area (Å²) in [5, 5.41) is 15.6. The third kappa shape index (κ3) is 5.13. The van der Waals surface area contributed by atoms with Gasteiger partial charge in [0, 0.05) is 23.0 Å². The van der Waals surface area contributed by atoms with E-state index in [1.54, 1.807) is 0 Å². The van der Waals surface area contributed by atoms with E-state index in [9.17, 15) is 9.59 Å². The minimum absolute atomic E-state index is 0.0549. The van der Waals surface area contributed by atoms with Crippen molar-refractivity contribution in [1.82, 2.24) is 10.6 Å². The first kappa shape index (κ1) is 18.6. The van der Waals surface area contributed by atoms with Gasteiger partial charge in [-0.1, -0.05) is 37.6 Å². The van der Waals surface area contributed by atoms with Gasteiger partial charge in [-0.3, -0.25) is 4.79 Å². The predicted molar refractivity (Wildman–Crippen MR) is 94.4 cm³/mol. The van der Waals surface area contributed by atoms with Crippen LogP contribution in [-0.2, 0) is 10.2 Å². The van der Waals surface area contributed by atoms with Crippen molar-refractivity contribution in [2.75, 3.05) is 6.54 Å². The number of urea groups is 1. The van der Waals surface area contributed by atoms with Crippen molar-refractivity contribution >= 4 is 23.6 Å². The molecule has 1 saturated carbocycles. The topological polar surface area (TPSA) is 78.4 Å². The zero-order valence-electron chi connectivity index (χ0n) is 14.1. The number of amides is 2. The highest BCUT2D eigenvalue weighted by molar-refractivity contribution is 6.30. The van der Waals surface area contributed by atoms with Crippen LogP contribution in [0.15, 0.2) is 24.3 Å². The molecule has 0 radical (unpaired) electrons. The zero-order chi connectivity index (χ0) is 17.7. The van der Waals surface area contributed by atoms with E-state index in [1.807, 2.05) is 24.3 Å². The summed E-state index contributed by atoms with van der Waals surface area (Å²) in [4.78, 5) is 23.0. The minimum Gasteiger partial charge on any atom is -0.481 e. The fourth-order valence-electron chi connectivity index (χ4n) is 3.03. The second kappa shape index (κ2) is 7.88. The summed E-state index contributed by atoms with van der Waals surface area (Å²) in [6, 6.07) is 7.48. The number of nitrogens with one attached hydrogen (secondary N) is 2. The number of carbonyl (C=O) groups is 2. The molecule has 0 spiro atoms. The Morgan fingerprint density at radius 3 is 2.29 bits per heavy atom. The number of aliphatic carboxylic acids is 1. The van der Waals surface area contributed by atoms with Gasteiger partial charge in [0.15, 0.2) is 0 Å². The van der Waals surface area contributed by atoms with Crippen LogP contribution in [0.2, 0.25) is 5.02 Å². The Kier molecular flexibility index (Phi) is 6.10. The lowest BCUT2D eigenvalue weighted by Crippen LogP contribution is -2.47. The lowest BCUT2D eigenvalue weighted by Gasteiger charge is -2.29. The first-order valence-corrected chi connectivity index (χ1v) is 8.69. The monoisotopic (exact) mass is 352 g/mol. The Bertz CT molecular complexity index is 578. The third-order valence-corrected chi connectivity index (χ3v) is 4.98. The van der Waals surface area contributed by atoms with E-state index in [-0.39, 0.29) is 23.4 Å². The molecular formula is C18H25ClN2O3. The zero-order valence-corrected chi connectivity index (χ0v) is 14.9. The lowest BCUT2D eigenvalue weighted by atomic mass is 9.84. The van der Waals surface area contributed by atoms with E-state index in [2.05, 4.69) is 24.5 Å². The molecule has 0 aromatic heterocycles. The Morgan fingerprint density at radius 2 is 1.75 bits per heavy atom. The van der Waals surface area contributed by atoms with Crippen LogP contribution >= 0.6 is 11.6 Å². The normalized spacial score (nSPS) is 21.1. The smallest absolute Gasteiger partial charge is 0.315 e. The largest absolute Gasteiger partial charge is 0.481 e. The summed E-state index contributed by atoms with van der Waals surface area (Å²) in [6.07, 6.45) is 2.67. The molecule has 24 heavy (non-hydrogen) atoms. The first-order valence-electron chi connectivity index (χ1n) is 8.31. The maximum atomic E-state index is 12.1. The summed E-state index contributed by atoms with van der Waals surface area (Å²) in [5.74, 6) is -1.00. The van der Waals surface area contributed by atoms with Crippen LogP contribution in [0.4, 0.5) is 4.79 Å².